The zero-order valence-corrected chi connectivity index (χ0v) is 11.7. The van der Waals surface area contributed by atoms with E-state index in [4.69, 9.17) is 5.26 Å². The smallest absolute Gasteiger partial charge is 0.382 e. The molecule has 0 radical (unpaired) electrons. The molecule has 0 aliphatic heterocycles. The summed E-state index contributed by atoms with van der Waals surface area (Å²) in [7, 11) is 0. The number of rotatable bonds is 4. The van der Waals surface area contributed by atoms with Gasteiger partial charge in [-0.05, 0) is 36.1 Å². The van der Waals surface area contributed by atoms with Crippen molar-refractivity contribution in [2.24, 2.45) is 0 Å². The van der Waals surface area contributed by atoms with Gasteiger partial charge >= 0.3 is 6.18 Å². The van der Waals surface area contributed by atoms with Gasteiger partial charge in [-0.3, -0.25) is 0 Å². The first kappa shape index (κ1) is 16.0. The van der Waals surface area contributed by atoms with Crippen molar-refractivity contribution in [3.05, 3.63) is 36.2 Å². The normalized spacial score (nSPS) is 14.4. The lowest BCUT2D eigenvalue weighted by molar-refractivity contribution is -0.207. The van der Waals surface area contributed by atoms with Crippen molar-refractivity contribution >= 4 is 16.5 Å². The molecule has 22 heavy (non-hydrogen) atoms. The lowest BCUT2D eigenvalue weighted by Crippen LogP contribution is -2.43. The molecule has 1 aromatic heterocycles. The standard InChI is InChI=1S/C15H14F3N3O/c1-2-12(14(22)15(16,17)18)21-10-3-4-11-9(7-10)5-6-20-13(11)8-19/h3-7,12,14,21-22H,2H2,1H3/t12-,14+/m1/s1. The molecule has 2 aromatic rings. The Morgan fingerprint density at radius 1 is 1.36 bits per heavy atom. The predicted octanol–water partition coefficient (Wildman–Crippen LogP) is 3.22. The predicted molar refractivity (Wildman–Crippen MR) is 76.2 cm³/mol. The summed E-state index contributed by atoms with van der Waals surface area (Å²) >= 11 is 0. The van der Waals surface area contributed by atoms with Crippen molar-refractivity contribution in [2.75, 3.05) is 5.32 Å². The second-order valence-electron chi connectivity index (χ2n) is 4.85. The van der Waals surface area contributed by atoms with E-state index in [0.29, 0.717) is 16.5 Å². The van der Waals surface area contributed by atoms with Crippen LogP contribution >= 0.6 is 0 Å². The molecule has 0 amide bonds. The maximum atomic E-state index is 12.6. The largest absolute Gasteiger partial charge is 0.416 e. The van der Waals surface area contributed by atoms with E-state index in [1.54, 1.807) is 31.2 Å². The van der Waals surface area contributed by atoms with Gasteiger partial charge in [0.2, 0.25) is 0 Å². The number of alkyl halides is 3. The summed E-state index contributed by atoms with van der Waals surface area (Å²) in [5, 5.41) is 22.3. The monoisotopic (exact) mass is 309 g/mol. The van der Waals surface area contributed by atoms with Crippen LogP contribution in [-0.2, 0) is 0 Å². The number of nitrogens with one attached hydrogen (secondary N) is 1. The van der Waals surface area contributed by atoms with Gasteiger partial charge in [-0.15, -0.1) is 0 Å². The Labute approximate surface area is 125 Å². The Morgan fingerprint density at radius 3 is 2.68 bits per heavy atom. The lowest BCUT2D eigenvalue weighted by atomic mass is 10.1. The first-order valence-electron chi connectivity index (χ1n) is 6.67. The van der Waals surface area contributed by atoms with E-state index in [-0.39, 0.29) is 12.1 Å². The fraction of sp³-hybridized carbons (Fsp3) is 0.333. The minimum atomic E-state index is -4.68. The molecule has 2 N–H and O–H groups in total. The van der Waals surface area contributed by atoms with Crippen LogP contribution < -0.4 is 5.32 Å². The molecule has 1 heterocycles. The van der Waals surface area contributed by atoms with Gasteiger partial charge in [-0.1, -0.05) is 6.92 Å². The van der Waals surface area contributed by atoms with Gasteiger partial charge in [0.15, 0.2) is 6.10 Å². The highest BCUT2D eigenvalue weighted by Gasteiger charge is 2.42. The summed E-state index contributed by atoms with van der Waals surface area (Å²) in [4.78, 5) is 3.92. The van der Waals surface area contributed by atoms with Gasteiger partial charge in [0.25, 0.3) is 0 Å². The number of aliphatic hydroxyl groups excluding tert-OH is 1. The molecule has 2 rings (SSSR count). The summed E-state index contributed by atoms with van der Waals surface area (Å²) in [6.45, 7) is 1.56. The van der Waals surface area contributed by atoms with Gasteiger partial charge in [0, 0.05) is 17.3 Å². The molecule has 0 fully saturated rings. The Bertz CT molecular complexity index is 709. The zero-order chi connectivity index (χ0) is 16.3. The molecule has 0 saturated carbocycles. The highest BCUT2D eigenvalue weighted by Crippen LogP contribution is 2.27. The van der Waals surface area contributed by atoms with Crippen LogP contribution in [0.4, 0.5) is 18.9 Å². The molecule has 0 aliphatic carbocycles. The number of aliphatic hydroxyl groups is 1. The number of anilines is 1. The van der Waals surface area contributed by atoms with Gasteiger partial charge in [0.05, 0.1) is 6.04 Å². The summed E-state index contributed by atoms with van der Waals surface area (Å²) < 4.78 is 37.8. The highest BCUT2D eigenvalue weighted by molar-refractivity contribution is 5.89. The molecule has 116 valence electrons. The van der Waals surface area contributed by atoms with Crippen LogP contribution in [0.25, 0.3) is 10.8 Å². The Kier molecular flexibility index (Phi) is 4.52. The van der Waals surface area contributed by atoms with E-state index < -0.39 is 18.3 Å². The third kappa shape index (κ3) is 3.28. The number of nitriles is 1. The second kappa shape index (κ2) is 6.20. The summed E-state index contributed by atoms with van der Waals surface area (Å²) in [6.07, 6.45) is -5.55. The van der Waals surface area contributed by atoms with Crippen LogP contribution in [0.2, 0.25) is 0 Å². The number of nitrogens with zero attached hydrogens (tertiary/aromatic N) is 2. The van der Waals surface area contributed by atoms with Crippen molar-refractivity contribution < 1.29 is 18.3 Å². The molecule has 0 bridgehead atoms. The SMILES string of the molecule is CC[C@@H](Nc1ccc2c(C#N)nccc2c1)[C@H](O)C(F)(F)F. The van der Waals surface area contributed by atoms with Gasteiger partial charge in [0.1, 0.15) is 11.8 Å². The lowest BCUT2D eigenvalue weighted by Gasteiger charge is -2.25. The van der Waals surface area contributed by atoms with Crippen LogP contribution in [0, 0.1) is 11.3 Å². The fourth-order valence-electron chi connectivity index (χ4n) is 2.20. The molecular weight excluding hydrogens is 295 g/mol. The summed E-state index contributed by atoms with van der Waals surface area (Å²) in [6, 6.07) is 7.30. The van der Waals surface area contributed by atoms with E-state index in [9.17, 15) is 18.3 Å². The van der Waals surface area contributed by atoms with Crippen molar-refractivity contribution in [3.63, 3.8) is 0 Å². The fourth-order valence-corrected chi connectivity index (χ4v) is 2.20. The molecule has 0 spiro atoms. The van der Waals surface area contributed by atoms with Gasteiger partial charge < -0.3 is 10.4 Å². The third-order valence-corrected chi connectivity index (χ3v) is 3.38. The second-order valence-corrected chi connectivity index (χ2v) is 4.85. The Balaban J connectivity index is 2.30. The zero-order valence-electron chi connectivity index (χ0n) is 11.7. The molecule has 7 heteroatoms. The van der Waals surface area contributed by atoms with Gasteiger partial charge in [-0.25, -0.2) is 4.98 Å². The van der Waals surface area contributed by atoms with Crippen molar-refractivity contribution in [3.8, 4) is 6.07 Å². The molecule has 2 atom stereocenters. The third-order valence-electron chi connectivity index (χ3n) is 3.38. The molecule has 0 aliphatic rings. The number of fused-ring (bicyclic) bond motifs is 1. The molecular formula is C15H14F3N3O. The van der Waals surface area contributed by atoms with E-state index in [1.807, 2.05) is 6.07 Å². The van der Waals surface area contributed by atoms with Crippen LogP contribution in [-0.4, -0.2) is 28.4 Å². The van der Waals surface area contributed by atoms with E-state index >= 15 is 0 Å². The topological polar surface area (TPSA) is 68.9 Å². The average molecular weight is 309 g/mol. The first-order valence-corrected chi connectivity index (χ1v) is 6.67. The number of pyridine rings is 1. The summed E-state index contributed by atoms with van der Waals surface area (Å²) in [5.74, 6) is 0. The number of aromatic nitrogens is 1. The Morgan fingerprint density at radius 2 is 2.09 bits per heavy atom. The van der Waals surface area contributed by atoms with Crippen LogP contribution in [0.15, 0.2) is 30.5 Å². The summed E-state index contributed by atoms with van der Waals surface area (Å²) in [5.41, 5.74) is 0.698. The number of halogens is 3. The number of hydrogen-bond donors (Lipinski definition) is 2. The molecule has 1 aromatic carbocycles. The quantitative estimate of drug-likeness (QED) is 0.910. The maximum absolute atomic E-state index is 12.6. The van der Waals surface area contributed by atoms with E-state index in [1.165, 1.54) is 6.20 Å². The minimum absolute atomic E-state index is 0.110. The number of benzene rings is 1. The first-order chi connectivity index (χ1) is 10.4. The minimum Gasteiger partial charge on any atom is -0.382 e. The molecule has 4 nitrogen and oxygen atoms in total. The highest BCUT2D eigenvalue weighted by atomic mass is 19.4. The number of hydrogen-bond acceptors (Lipinski definition) is 4. The van der Waals surface area contributed by atoms with Crippen LogP contribution in [0.3, 0.4) is 0 Å². The maximum Gasteiger partial charge on any atom is 0.416 e. The van der Waals surface area contributed by atoms with Gasteiger partial charge in [-0.2, -0.15) is 18.4 Å². The average Bonchev–Trinajstić information content (AvgIpc) is 2.50. The van der Waals surface area contributed by atoms with E-state index in [0.717, 1.165) is 0 Å². The van der Waals surface area contributed by atoms with Crippen molar-refractivity contribution in [1.82, 2.24) is 4.98 Å². The molecule has 0 saturated heterocycles. The molecule has 0 unspecified atom stereocenters. The van der Waals surface area contributed by atoms with Crippen LogP contribution in [0.5, 0.6) is 0 Å². The Hall–Kier alpha value is -2.33. The van der Waals surface area contributed by atoms with E-state index in [2.05, 4.69) is 10.3 Å². The van der Waals surface area contributed by atoms with Crippen LogP contribution in [0.1, 0.15) is 19.0 Å². The van der Waals surface area contributed by atoms with Crippen molar-refractivity contribution in [2.45, 2.75) is 31.7 Å². The van der Waals surface area contributed by atoms with Crippen molar-refractivity contribution in [1.29, 1.82) is 5.26 Å².